The summed E-state index contributed by atoms with van der Waals surface area (Å²) >= 11 is 0. The Kier molecular flexibility index (Phi) is 5.85. The normalized spacial score (nSPS) is 10.5. The van der Waals surface area contributed by atoms with Crippen LogP contribution in [0.2, 0.25) is 0 Å². The van der Waals surface area contributed by atoms with Gasteiger partial charge in [0.15, 0.2) is 0 Å². The first-order chi connectivity index (χ1) is 12.4. The minimum absolute atomic E-state index is 0.130. The molecule has 0 fully saturated rings. The van der Waals surface area contributed by atoms with E-state index in [0.717, 1.165) is 16.8 Å². The monoisotopic (exact) mass is 349 g/mol. The second-order valence-corrected chi connectivity index (χ2v) is 6.36. The van der Waals surface area contributed by atoms with Crippen molar-refractivity contribution in [2.24, 2.45) is 7.05 Å². The highest BCUT2D eigenvalue weighted by Gasteiger charge is 2.28. The van der Waals surface area contributed by atoms with E-state index < -0.39 is 5.97 Å². The molecule has 5 nitrogen and oxygen atoms in total. The van der Waals surface area contributed by atoms with Crippen LogP contribution in [0.5, 0.6) is 0 Å². The predicted octanol–water partition coefficient (Wildman–Crippen LogP) is 4.30. The molecule has 26 heavy (non-hydrogen) atoms. The number of ether oxygens (including phenoxy) is 1. The minimum atomic E-state index is -0.444. The number of carbonyl (C=O) groups is 1. The fourth-order valence-corrected chi connectivity index (χ4v) is 3.31. The van der Waals surface area contributed by atoms with Crippen LogP contribution in [0.25, 0.3) is 11.1 Å². The summed E-state index contributed by atoms with van der Waals surface area (Å²) in [5, 5.41) is 19.0. The van der Waals surface area contributed by atoms with Crippen LogP contribution >= 0.6 is 0 Å². The zero-order valence-corrected chi connectivity index (χ0v) is 15.9. The van der Waals surface area contributed by atoms with Crippen molar-refractivity contribution in [1.29, 1.82) is 10.5 Å². The van der Waals surface area contributed by atoms with Gasteiger partial charge in [-0.1, -0.05) is 26.8 Å². The Morgan fingerprint density at radius 3 is 2.42 bits per heavy atom. The predicted molar refractivity (Wildman–Crippen MR) is 99.7 cm³/mol. The molecule has 1 aromatic heterocycles. The van der Waals surface area contributed by atoms with Crippen molar-refractivity contribution >= 4 is 5.97 Å². The van der Waals surface area contributed by atoms with E-state index in [-0.39, 0.29) is 12.5 Å². The molecule has 2 rings (SSSR count). The number of aromatic nitrogens is 1. The molecule has 1 heterocycles. The van der Waals surface area contributed by atoms with Crippen molar-refractivity contribution in [1.82, 2.24) is 4.57 Å². The molecule has 0 aliphatic heterocycles. The van der Waals surface area contributed by atoms with Gasteiger partial charge < -0.3 is 9.30 Å². The maximum Gasteiger partial charge on any atom is 0.355 e. The van der Waals surface area contributed by atoms with Crippen LogP contribution in [0.4, 0.5) is 0 Å². The highest BCUT2D eigenvalue weighted by Crippen LogP contribution is 2.38. The number of nitrogens with zero attached hydrogens (tertiary/aromatic N) is 3. The maximum absolute atomic E-state index is 12.7. The first-order valence-electron chi connectivity index (χ1n) is 8.74. The van der Waals surface area contributed by atoms with Gasteiger partial charge in [0.25, 0.3) is 0 Å². The molecule has 0 saturated carbocycles. The second kappa shape index (κ2) is 7.89. The summed E-state index contributed by atoms with van der Waals surface area (Å²) in [4.78, 5) is 12.7. The zero-order chi connectivity index (χ0) is 19.4. The molecule has 0 bridgehead atoms. The standard InChI is InChI=1S/C21H23N3O2/c1-6-18-17(12-23)19(20(24(18)5)21(25)26-7-2)15-9-8-14(11-22)10-16(15)13(3)4/h8-10,13H,6-7H2,1-5H3. The van der Waals surface area contributed by atoms with Crippen LogP contribution in [0, 0.1) is 22.7 Å². The van der Waals surface area contributed by atoms with Gasteiger partial charge in [0.2, 0.25) is 0 Å². The van der Waals surface area contributed by atoms with E-state index in [1.165, 1.54) is 0 Å². The fourth-order valence-electron chi connectivity index (χ4n) is 3.31. The van der Waals surface area contributed by atoms with Gasteiger partial charge >= 0.3 is 5.97 Å². The third kappa shape index (κ3) is 3.21. The van der Waals surface area contributed by atoms with Gasteiger partial charge in [-0.05, 0) is 42.5 Å². The molecule has 134 valence electrons. The van der Waals surface area contributed by atoms with E-state index >= 15 is 0 Å². The summed E-state index contributed by atoms with van der Waals surface area (Å²) in [6.45, 7) is 8.03. The van der Waals surface area contributed by atoms with Crippen molar-refractivity contribution in [3.63, 3.8) is 0 Å². The molecule has 0 amide bonds. The first kappa shape index (κ1) is 19.3. The van der Waals surface area contributed by atoms with Gasteiger partial charge in [0, 0.05) is 18.3 Å². The Bertz CT molecular complexity index is 924. The summed E-state index contributed by atoms with van der Waals surface area (Å²) in [5.74, 6) is -0.314. The Morgan fingerprint density at radius 1 is 1.23 bits per heavy atom. The minimum Gasteiger partial charge on any atom is -0.461 e. The molecule has 0 aliphatic rings. The number of esters is 1. The molecule has 0 radical (unpaired) electrons. The third-order valence-corrected chi connectivity index (χ3v) is 4.50. The third-order valence-electron chi connectivity index (χ3n) is 4.50. The van der Waals surface area contributed by atoms with E-state index in [0.29, 0.717) is 28.8 Å². The smallest absolute Gasteiger partial charge is 0.355 e. The lowest BCUT2D eigenvalue weighted by Crippen LogP contribution is -2.12. The van der Waals surface area contributed by atoms with Crippen molar-refractivity contribution in [2.75, 3.05) is 6.61 Å². The van der Waals surface area contributed by atoms with Crippen molar-refractivity contribution in [2.45, 2.75) is 40.0 Å². The fraction of sp³-hybridized carbons (Fsp3) is 0.381. The van der Waals surface area contributed by atoms with Gasteiger partial charge in [-0.15, -0.1) is 0 Å². The highest BCUT2D eigenvalue weighted by molar-refractivity contribution is 5.99. The van der Waals surface area contributed by atoms with Crippen LogP contribution < -0.4 is 0 Å². The molecule has 0 spiro atoms. The Balaban J connectivity index is 2.92. The lowest BCUT2D eigenvalue weighted by Gasteiger charge is -2.15. The molecule has 1 aromatic carbocycles. The van der Waals surface area contributed by atoms with Crippen LogP contribution in [0.3, 0.4) is 0 Å². The van der Waals surface area contributed by atoms with Gasteiger partial charge in [-0.25, -0.2) is 4.79 Å². The highest BCUT2D eigenvalue weighted by atomic mass is 16.5. The Labute approximate surface area is 154 Å². The zero-order valence-electron chi connectivity index (χ0n) is 15.9. The summed E-state index contributed by atoms with van der Waals surface area (Å²) in [7, 11) is 1.79. The molecule has 0 atom stereocenters. The summed E-state index contributed by atoms with van der Waals surface area (Å²) in [6.07, 6.45) is 0.624. The van der Waals surface area contributed by atoms with Gasteiger partial charge in [-0.3, -0.25) is 0 Å². The maximum atomic E-state index is 12.7. The van der Waals surface area contributed by atoms with Crippen LogP contribution in [-0.2, 0) is 18.2 Å². The van der Waals surface area contributed by atoms with E-state index in [2.05, 4.69) is 12.1 Å². The largest absolute Gasteiger partial charge is 0.461 e. The van der Waals surface area contributed by atoms with Crippen molar-refractivity contribution in [3.8, 4) is 23.3 Å². The quantitative estimate of drug-likeness (QED) is 0.754. The molecule has 0 N–H and O–H groups in total. The average molecular weight is 349 g/mol. The van der Waals surface area contributed by atoms with Crippen LogP contribution in [-0.4, -0.2) is 17.1 Å². The van der Waals surface area contributed by atoms with Crippen LogP contribution in [0.15, 0.2) is 18.2 Å². The topological polar surface area (TPSA) is 78.8 Å². The molecule has 0 saturated heterocycles. The molecule has 5 heteroatoms. The van der Waals surface area contributed by atoms with E-state index in [4.69, 9.17) is 4.74 Å². The summed E-state index contributed by atoms with van der Waals surface area (Å²) in [6, 6.07) is 9.80. The SMILES string of the molecule is CCOC(=O)c1c(-c2ccc(C#N)cc2C(C)C)c(C#N)c(CC)n1C. The molecule has 0 unspecified atom stereocenters. The van der Waals surface area contributed by atoms with E-state index in [1.807, 2.05) is 32.9 Å². The molecule has 0 aliphatic carbocycles. The number of hydrogen-bond donors (Lipinski definition) is 0. The van der Waals surface area contributed by atoms with Gasteiger partial charge in [-0.2, -0.15) is 10.5 Å². The number of rotatable bonds is 5. The average Bonchev–Trinajstić information content (AvgIpc) is 2.92. The summed E-state index contributed by atoms with van der Waals surface area (Å²) in [5.41, 5.74) is 4.55. The second-order valence-electron chi connectivity index (χ2n) is 6.36. The van der Waals surface area contributed by atoms with E-state index in [1.54, 1.807) is 24.6 Å². The molecular formula is C21H23N3O2. The van der Waals surface area contributed by atoms with E-state index in [9.17, 15) is 15.3 Å². The first-order valence-corrected chi connectivity index (χ1v) is 8.74. The number of carbonyl (C=O) groups excluding carboxylic acids is 1. The Morgan fingerprint density at radius 2 is 1.92 bits per heavy atom. The van der Waals surface area contributed by atoms with Crippen molar-refractivity contribution in [3.05, 3.63) is 46.3 Å². The number of hydrogen-bond acceptors (Lipinski definition) is 4. The molecule has 2 aromatic rings. The molecular weight excluding hydrogens is 326 g/mol. The van der Waals surface area contributed by atoms with Gasteiger partial charge in [0.05, 0.1) is 23.8 Å². The number of nitriles is 2. The van der Waals surface area contributed by atoms with Crippen molar-refractivity contribution < 1.29 is 9.53 Å². The Hall–Kier alpha value is -3.05. The lowest BCUT2D eigenvalue weighted by molar-refractivity contribution is 0.0516. The van der Waals surface area contributed by atoms with Gasteiger partial charge in [0.1, 0.15) is 11.8 Å². The van der Waals surface area contributed by atoms with Crippen LogP contribution in [0.1, 0.15) is 66.5 Å². The lowest BCUT2D eigenvalue weighted by atomic mass is 9.89. The number of benzene rings is 1. The summed E-state index contributed by atoms with van der Waals surface area (Å²) < 4.78 is 7.01.